The number of nitrogens with two attached hydrogens (primary N) is 2. The van der Waals surface area contributed by atoms with E-state index < -0.39 is 23.8 Å². The van der Waals surface area contributed by atoms with Crippen LogP contribution in [0, 0.1) is 0 Å². The van der Waals surface area contributed by atoms with Crippen molar-refractivity contribution in [3.05, 3.63) is 93.0 Å². The van der Waals surface area contributed by atoms with Gasteiger partial charge in [0.1, 0.15) is 22.7 Å². The summed E-state index contributed by atoms with van der Waals surface area (Å²) < 4.78 is 25.0. The highest BCUT2D eigenvalue weighted by molar-refractivity contribution is 6.31. The smallest absolute Gasteiger partial charge is 0.338 e. The zero-order valence-corrected chi connectivity index (χ0v) is 29.7. The third kappa shape index (κ3) is 6.11. The number of amides is 2. The predicted molar refractivity (Wildman–Crippen MR) is 193 cm³/mol. The molecule has 4 aromatic carbocycles. The summed E-state index contributed by atoms with van der Waals surface area (Å²) in [5.41, 5.74) is 14.2. The molecular weight excluding hydrogens is 715 g/mol. The first-order chi connectivity index (χ1) is 24.9. The van der Waals surface area contributed by atoms with E-state index in [-0.39, 0.29) is 69.5 Å². The molecule has 0 aliphatic heterocycles. The van der Waals surface area contributed by atoms with Gasteiger partial charge in [-0.05, 0) is 60.7 Å². The molecule has 0 aliphatic rings. The van der Waals surface area contributed by atoms with Gasteiger partial charge in [-0.3, -0.25) is 9.59 Å². The first-order valence-corrected chi connectivity index (χ1v) is 16.2. The van der Waals surface area contributed by atoms with Crippen LogP contribution in [0.25, 0.3) is 44.8 Å². The summed E-state index contributed by atoms with van der Waals surface area (Å²) in [6.07, 6.45) is 0. The summed E-state index contributed by atoms with van der Waals surface area (Å²) in [5.74, 6) is -1.88. The molecule has 0 saturated heterocycles. The second kappa shape index (κ2) is 14.2. The Labute approximate surface area is 305 Å². The van der Waals surface area contributed by atoms with E-state index >= 15 is 0 Å². The minimum atomic E-state index is -0.727. The van der Waals surface area contributed by atoms with Crippen molar-refractivity contribution in [2.45, 2.75) is 13.1 Å². The highest BCUT2D eigenvalue weighted by Gasteiger charge is 2.27. The third-order valence-corrected chi connectivity index (χ3v) is 8.96. The van der Waals surface area contributed by atoms with E-state index in [2.05, 4.69) is 0 Å². The van der Waals surface area contributed by atoms with Crippen molar-refractivity contribution in [3.63, 3.8) is 0 Å². The van der Waals surface area contributed by atoms with Gasteiger partial charge in [-0.1, -0.05) is 23.2 Å². The number of aromatic nitrogens is 4. The Morgan fingerprint density at radius 1 is 0.596 bits per heavy atom. The molecule has 0 aliphatic carbocycles. The van der Waals surface area contributed by atoms with Gasteiger partial charge in [-0.25, -0.2) is 19.6 Å². The lowest BCUT2D eigenvalue weighted by atomic mass is 10.1. The zero-order valence-electron chi connectivity index (χ0n) is 28.2. The number of fused-ring (bicyclic) bond motifs is 2. The molecule has 0 atom stereocenters. The Hall–Kier alpha value is -6.12. The fourth-order valence-corrected chi connectivity index (χ4v) is 6.52. The minimum Gasteiger partial charge on any atom is -0.494 e. The van der Waals surface area contributed by atoms with Crippen LogP contribution in [0.4, 0.5) is 0 Å². The van der Waals surface area contributed by atoms with Gasteiger partial charge in [0.25, 0.3) is 11.8 Å². The summed E-state index contributed by atoms with van der Waals surface area (Å²) in [6, 6.07) is 15.7. The molecule has 0 unspecified atom stereocenters. The highest BCUT2D eigenvalue weighted by atomic mass is 35.5. The highest BCUT2D eigenvalue weighted by Crippen LogP contribution is 2.38. The Balaban J connectivity index is 1.64. The SMILES string of the molecule is COC(=O)c1ccc(Cl)cc1-c1nc2c(OC)c(C(N)=O)ccc2n1CCn1c(-c2cc(Cl)ccc2C(=O)OC)nc2c(OC)c(C(N)=O)ccc21. The monoisotopic (exact) mass is 744 g/mol. The van der Waals surface area contributed by atoms with Crippen LogP contribution in [-0.4, -0.2) is 71.3 Å². The molecular formula is C36H30Cl2N6O8. The number of rotatable bonds is 11. The number of ether oxygens (including phenoxy) is 4. The number of halogens is 2. The molecule has 0 spiro atoms. The van der Waals surface area contributed by atoms with Crippen LogP contribution in [0.2, 0.25) is 10.0 Å². The second-order valence-corrected chi connectivity index (χ2v) is 12.2. The average molecular weight is 746 g/mol. The van der Waals surface area contributed by atoms with Gasteiger partial charge >= 0.3 is 11.9 Å². The van der Waals surface area contributed by atoms with Crippen LogP contribution in [0.1, 0.15) is 41.4 Å². The molecule has 4 N–H and O–H groups in total. The molecule has 52 heavy (non-hydrogen) atoms. The average Bonchev–Trinajstić information content (AvgIpc) is 3.70. The molecule has 2 amide bonds. The number of aryl methyl sites for hydroxylation is 2. The number of benzene rings is 4. The standard InChI is InChI=1S/C36H30Cl2N6O8/c1-49-29-21(31(39)45)9-11-25-27(29)41-33(23-15-17(37)5-7-19(23)35(47)51-3)43(25)13-14-44-26-12-10-22(32(40)46)30(50-2)28(26)42-34(44)24-16-18(38)6-8-20(24)36(48)52-4/h5-12,15-16H,13-14H2,1-4H3,(H2,39,45)(H2,40,46). The van der Waals surface area contributed by atoms with Crippen LogP contribution in [0.15, 0.2) is 60.7 Å². The van der Waals surface area contributed by atoms with Gasteiger partial charge in [0.15, 0.2) is 11.5 Å². The molecule has 2 aromatic heterocycles. The lowest BCUT2D eigenvalue weighted by Crippen LogP contribution is -2.14. The summed E-state index contributed by atoms with van der Waals surface area (Å²) in [7, 11) is 5.29. The quantitative estimate of drug-likeness (QED) is 0.160. The number of carbonyl (C=O) groups excluding carboxylic acids is 4. The molecule has 0 fully saturated rings. The van der Waals surface area contributed by atoms with E-state index in [0.29, 0.717) is 32.2 Å². The van der Waals surface area contributed by atoms with Crippen LogP contribution < -0.4 is 20.9 Å². The second-order valence-electron chi connectivity index (χ2n) is 11.3. The van der Waals surface area contributed by atoms with Crippen molar-refractivity contribution in [2.75, 3.05) is 28.4 Å². The van der Waals surface area contributed by atoms with Gasteiger partial charge < -0.3 is 39.5 Å². The van der Waals surface area contributed by atoms with Crippen molar-refractivity contribution in [3.8, 4) is 34.3 Å². The number of hydrogen-bond donors (Lipinski definition) is 2. The van der Waals surface area contributed by atoms with Crippen LogP contribution in [-0.2, 0) is 22.6 Å². The topological polar surface area (TPSA) is 193 Å². The normalized spacial score (nSPS) is 11.1. The number of methoxy groups -OCH3 is 4. The first-order valence-electron chi connectivity index (χ1n) is 15.4. The number of imidazole rings is 2. The van der Waals surface area contributed by atoms with E-state index in [1.54, 1.807) is 36.4 Å². The maximum absolute atomic E-state index is 13.0. The van der Waals surface area contributed by atoms with Crippen molar-refractivity contribution < 1.29 is 38.1 Å². The van der Waals surface area contributed by atoms with Gasteiger partial charge in [-0.15, -0.1) is 0 Å². The molecule has 16 heteroatoms. The summed E-state index contributed by atoms with van der Waals surface area (Å²) >= 11 is 12.9. The molecule has 0 radical (unpaired) electrons. The Kier molecular flexibility index (Phi) is 9.78. The van der Waals surface area contributed by atoms with Crippen molar-refractivity contribution in [1.82, 2.24) is 19.1 Å². The van der Waals surface area contributed by atoms with E-state index in [1.165, 1.54) is 52.7 Å². The van der Waals surface area contributed by atoms with Crippen molar-refractivity contribution in [2.24, 2.45) is 11.5 Å². The Morgan fingerprint density at radius 3 is 1.29 bits per heavy atom. The Bertz CT molecular complexity index is 2290. The zero-order chi connectivity index (χ0) is 37.4. The summed E-state index contributed by atoms with van der Waals surface area (Å²) in [6.45, 7) is 0.287. The molecule has 266 valence electrons. The minimum absolute atomic E-state index is 0.0991. The van der Waals surface area contributed by atoms with E-state index in [1.807, 2.05) is 9.13 Å². The maximum Gasteiger partial charge on any atom is 0.338 e. The summed E-state index contributed by atoms with van der Waals surface area (Å²) in [5, 5.41) is 0.644. The molecule has 0 bridgehead atoms. The molecule has 2 heterocycles. The van der Waals surface area contributed by atoms with Gasteiger partial charge in [0, 0.05) is 34.3 Å². The molecule has 6 rings (SSSR count). The maximum atomic E-state index is 13.0. The lowest BCUT2D eigenvalue weighted by Gasteiger charge is -2.16. The van der Waals surface area contributed by atoms with Crippen LogP contribution in [0.5, 0.6) is 11.5 Å². The fraction of sp³-hybridized carbons (Fsp3) is 0.167. The Morgan fingerprint density at radius 2 is 0.962 bits per heavy atom. The van der Waals surface area contributed by atoms with Gasteiger partial charge in [0.05, 0.1) is 61.7 Å². The largest absolute Gasteiger partial charge is 0.494 e. The molecule has 6 aromatic rings. The number of carbonyl (C=O) groups is 4. The van der Waals surface area contributed by atoms with Gasteiger partial charge in [0.2, 0.25) is 0 Å². The van der Waals surface area contributed by atoms with Crippen LogP contribution in [0.3, 0.4) is 0 Å². The van der Waals surface area contributed by atoms with E-state index in [9.17, 15) is 19.2 Å². The predicted octanol–water partition coefficient (Wildman–Crippen LogP) is 5.52. The fourth-order valence-electron chi connectivity index (χ4n) is 6.18. The lowest BCUT2D eigenvalue weighted by molar-refractivity contribution is 0.0592. The van der Waals surface area contributed by atoms with Crippen molar-refractivity contribution >= 4 is 69.0 Å². The number of primary amides is 2. The number of hydrogen-bond acceptors (Lipinski definition) is 10. The number of esters is 2. The van der Waals surface area contributed by atoms with Crippen LogP contribution >= 0.6 is 23.2 Å². The van der Waals surface area contributed by atoms with Gasteiger partial charge in [-0.2, -0.15) is 0 Å². The summed E-state index contributed by atoms with van der Waals surface area (Å²) in [4.78, 5) is 60.4. The van der Waals surface area contributed by atoms with E-state index in [4.69, 9.17) is 63.6 Å². The third-order valence-electron chi connectivity index (χ3n) is 8.49. The molecule has 0 saturated carbocycles. The molecule has 14 nitrogen and oxygen atoms in total. The van der Waals surface area contributed by atoms with Crippen molar-refractivity contribution in [1.29, 1.82) is 0 Å². The first kappa shape index (κ1) is 35.7. The number of nitrogens with zero attached hydrogens (tertiary/aromatic N) is 4. The van der Waals surface area contributed by atoms with E-state index in [0.717, 1.165) is 0 Å².